The number of carbonyl (C=O) groups is 1. The normalized spacial score (nSPS) is 22.9. The monoisotopic (exact) mass is 526 g/mol. The first kappa shape index (κ1) is 24.6. The smallest absolute Gasteiger partial charge is 0.254 e. The minimum absolute atomic E-state index is 0.0202. The molecular formula is C31H38N6O2. The van der Waals surface area contributed by atoms with Crippen LogP contribution in [0, 0.1) is 11.8 Å². The van der Waals surface area contributed by atoms with Gasteiger partial charge in [0.15, 0.2) is 5.82 Å². The van der Waals surface area contributed by atoms with E-state index in [0.717, 1.165) is 65.2 Å². The zero-order valence-corrected chi connectivity index (χ0v) is 23.6. The number of nitrogens with zero attached hydrogens (tertiary/aromatic N) is 5. The van der Waals surface area contributed by atoms with E-state index in [2.05, 4.69) is 48.1 Å². The molecule has 2 bridgehead atoms. The lowest BCUT2D eigenvalue weighted by atomic mass is 9.91. The molecule has 39 heavy (non-hydrogen) atoms. The summed E-state index contributed by atoms with van der Waals surface area (Å²) >= 11 is 0. The molecule has 2 aliphatic carbocycles. The quantitative estimate of drug-likeness (QED) is 0.401. The molecule has 8 nitrogen and oxygen atoms in total. The van der Waals surface area contributed by atoms with Crippen molar-refractivity contribution in [1.82, 2.24) is 24.0 Å². The Hall–Kier alpha value is -3.39. The maximum absolute atomic E-state index is 13.6. The number of benzene rings is 1. The summed E-state index contributed by atoms with van der Waals surface area (Å²) in [7, 11) is 3.69. The van der Waals surface area contributed by atoms with E-state index < -0.39 is 0 Å². The number of carbonyl (C=O) groups excluding carboxylic acids is 1. The van der Waals surface area contributed by atoms with Gasteiger partial charge in [-0.2, -0.15) is 0 Å². The molecule has 7 rings (SSSR count). The van der Waals surface area contributed by atoms with E-state index in [1.165, 1.54) is 12.8 Å². The topological polar surface area (TPSA) is 91.2 Å². The van der Waals surface area contributed by atoms with Gasteiger partial charge in [-0.05, 0) is 67.9 Å². The van der Waals surface area contributed by atoms with E-state index in [1.54, 1.807) is 7.11 Å². The second kappa shape index (κ2) is 8.55. The van der Waals surface area contributed by atoms with Gasteiger partial charge in [-0.25, -0.2) is 9.97 Å². The summed E-state index contributed by atoms with van der Waals surface area (Å²) in [6.07, 6.45) is 4.60. The SMILES string of the molecule is COc1cc(C(=O)N2C[C@H]3CC[C@@H]2[C@@H]3N)cc2nc(-c3cc4ccc(C(C)(C)C)nc4n3CC3CC3)n(C)c12. The van der Waals surface area contributed by atoms with Crippen LogP contribution in [0.15, 0.2) is 30.3 Å². The van der Waals surface area contributed by atoms with E-state index in [4.69, 9.17) is 20.4 Å². The van der Waals surface area contributed by atoms with Crippen molar-refractivity contribution in [3.05, 3.63) is 41.6 Å². The van der Waals surface area contributed by atoms with Gasteiger partial charge in [0.1, 0.15) is 16.9 Å². The maximum atomic E-state index is 13.6. The highest BCUT2D eigenvalue weighted by Crippen LogP contribution is 2.40. The van der Waals surface area contributed by atoms with Crippen LogP contribution in [0.2, 0.25) is 0 Å². The van der Waals surface area contributed by atoms with Gasteiger partial charge in [-0.3, -0.25) is 4.79 Å². The number of amides is 1. The molecule has 0 spiro atoms. The van der Waals surface area contributed by atoms with Gasteiger partial charge in [0, 0.05) is 54.3 Å². The number of rotatable bonds is 5. The van der Waals surface area contributed by atoms with Crippen LogP contribution >= 0.6 is 0 Å². The Balaban J connectivity index is 1.35. The molecule has 1 aliphatic heterocycles. The third-order valence-corrected chi connectivity index (χ3v) is 9.19. The maximum Gasteiger partial charge on any atom is 0.254 e. The molecule has 204 valence electrons. The van der Waals surface area contributed by atoms with Crippen LogP contribution in [0.4, 0.5) is 0 Å². The van der Waals surface area contributed by atoms with Crippen molar-refractivity contribution in [2.45, 2.75) is 70.5 Å². The lowest BCUT2D eigenvalue weighted by Crippen LogP contribution is -2.41. The fourth-order valence-corrected chi connectivity index (χ4v) is 6.74. The number of hydrogen-bond donors (Lipinski definition) is 1. The van der Waals surface area contributed by atoms with Crippen LogP contribution in [-0.4, -0.2) is 55.6 Å². The van der Waals surface area contributed by atoms with Crippen molar-refractivity contribution in [2.75, 3.05) is 13.7 Å². The summed E-state index contributed by atoms with van der Waals surface area (Å²) in [4.78, 5) is 25.9. The zero-order chi connectivity index (χ0) is 27.2. The number of piperidine rings is 1. The summed E-state index contributed by atoms with van der Waals surface area (Å²) in [5.74, 6) is 2.61. The van der Waals surface area contributed by atoms with Gasteiger partial charge in [0.25, 0.3) is 5.91 Å². The van der Waals surface area contributed by atoms with E-state index >= 15 is 0 Å². The van der Waals surface area contributed by atoms with Crippen molar-refractivity contribution in [3.8, 4) is 17.3 Å². The number of methoxy groups -OCH3 is 1. The second-order valence-corrected chi connectivity index (χ2v) is 12.9. The third-order valence-electron chi connectivity index (χ3n) is 9.19. The number of nitrogens with two attached hydrogens (primary N) is 1. The fourth-order valence-electron chi connectivity index (χ4n) is 6.74. The minimum atomic E-state index is -0.0317. The Morgan fingerprint density at radius 2 is 1.90 bits per heavy atom. The van der Waals surface area contributed by atoms with Crippen LogP contribution < -0.4 is 10.5 Å². The number of fused-ring (bicyclic) bond motifs is 4. The molecule has 3 aromatic heterocycles. The van der Waals surface area contributed by atoms with Crippen LogP contribution in [0.25, 0.3) is 33.6 Å². The average Bonchev–Trinajstić information content (AvgIpc) is 3.31. The van der Waals surface area contributed by atoms with Gasteiger partial charge < -0.3 is 24.5 Å². The van der Waals surface area contributed by atoms with Crippen molar-refractivity contribution >= 4 is 28.0 Å². The van der Waals surface area contributed by atoms with Gasteiger partial charge >= 0.3 is 0 Å². The molecule has 4 heterocycles. The van der Waals surface area contributed by atoms with Gasteiger partial charge in [0.2, 0.25) is 0 Å². The van der Waals surface area contributed by atoms with Crippen LogP contribution in [0.1, 0.15) is 62.5 Å². The number of likely N-dealkylation sites (tertiary alicyclic amines) is 1. The van der Waals surface area contributed by atoms with Crippen LogP contribution in [0.5, 0.6) is 5.75 Å². The minimum Gasteiger partial charge on any atom is -0.494 e. The van der Waals surface area contributed by atoms with Gasteiger partial charge in [-0.1, -0.05) is 20.8 Å². The largest absolute Gasteiger partial charge is 0.494 e. The molecular weight excluding hydrogens is 488 g/mol. The predicted octanol–water partition coefficient (Wildman–Crippen LogP) is 4.87. The van der Waals surface area contributed by atoms with E-state index in [1.807, 2.05) is 24.1 Å². The lowest BCUT2D eigenvalue weighted by molar-refractivity contribution is 0.0700. The number of aryl methyl sites for hydroxylation is 1. The molecule has 2 N–H and O–H groups in total. The highest BCUT2D eigenvalue weighted by atomic mass is 16.5. The number of hydrogen-bond acceptors (Lipinski definition) is 5. The Bertz CT molecular complexity index is 1620. The van der Waals surface area contributed by atoms with Crippen molar-refractivity contribution in [3.63, 3.8) is 0 Å². The average molecular weight is 527 g/mol. The summed E-state index contributed by atoms with van der Waals surface area (Å²) in [6.45, 7) is 8.28. The molecule has 0 radical (unpaired) electrons. The standard InChI is InChI=1S/C31H38N6O2/c1-31(2,3)25-11-9-18-13-23(36(28(18)34-25)15-17-6-7-17)29-33-21-12-20(14-24(39-5)27(21)35(29)4)30(38)37-16-19-8-10-22(37)26(19)32/h9,11-14,17,19,22,26H,6-8,10,15-16,32H2,1-5H3/t19-,22-,26-/m1/s1. The molecule has 8 heteroatoms. The molecule has 1 amide bonds. The van der Waals surface area contributed by atoms with Crippen molar-refractivity contribution < 1.29 is 9.53 Å². The first-order valence-corrected chi connectivity index (χ1v) is 14.3. The number of imidazole rings is 1. The first-order chi connectivity index (χ1) is 18.6. The van der Waals surface area contributed by atoms with E-state index in [-0.39, 0.29) is 23.4 Å². The van der Waals surface area contributed by atoms with Gasteiger partial charge in [-0.15, -0.1) is 0 Å². The lowest BCUT2D eigenvalue weighted by Gasteiger charge is -2.27. The third kappa shape index (κ3) is 3.86. The molecule has 3 atom stereocenters. The Labute approximate surface area is 229 Å². The molecule has 3 aliphatic rings. The molecule has 3 fully saturated rings. The molecule has 1 saturated heterocycles. The van der Waals surface area contributed by atoms with Crippen LogP contribution in [0.3, 0.4) is 0 Å². The molecule has 1 aromatic carbocycles. The van der Waals surface area contributed by atoms with Gasteiger partial charge in [0.05, 0.1) is 18.3 Å². The van der Waals surface area contributed by atoms with Crippen LogP contribution in [-0.2, 0) is 19.0 Å². The van der Waals surface area contributed by atoms with Crippen molar-refractivity contribution in [1.29, 1.82) is 0 Å². The fraction of sp³-hybridized carbons (Fsp3) is 0.516. The van der Waals surface area contributed by atoms with E-state index in [0.29, 0.717) is 23.1 Å². The van der Waals surface area contributed by atoms with E-state index in [9.17, 15) is 4.79 Å². The summed E-state index contributed by atoms with van der Waals surface area (Å²) in [5, 5.41) is 1.12. The second-order valence-electron chi connectivity index (χ2n) is 12.9. The first-order valence-electron chi connectivity index (χ1n) is 14.3. The molecule has 2 saturated carbocycles. The Morgan fingerprint density at radius 3 is 2.54 bits per heavy atom. The highest BCUT2D eigenvalue weighted by molar-refractivity contribution is 6.00. The summed E-state index contributed by atoms with van der Waals surface area (Å²) in [5.41, 5.74) is 11.8. The highest BCUT2D eigenvalue weighted by Gasteiger charge is 2.47. The van der Waals surface area contributed by atoms with Crippen molar-refractivity contribution in [2.24, 2.45) is 24.6 Å². The zero-order valence-electron chi connectivity index (χ0n) is 23.6. The number of aromatic nitrogens is 4. The Kier molecular flexibility index (Phi) is 5.40. The summed E-state index contributed by atoms with van der Waals surface area (Å²) in [6, 6.07) is 10.5. The predicted molar refractivity (Wildman–Crippen MR) is 153 cm³/mol. The number of pyridine rings is 1. The summed E-state index contributed by atoms with van der Waals surface area (Å²) < 4.78 is 10.3. The number of ether oxygens (including phenoxy) is 1. The molecule has 0 unspecified atom stereocenters. The Morgan fingerprint density at radius 1 is 1.10 bits per heavy atom. The molecule has 4 aromatic rings.